The van der Waals surface area contributed by atoms with E-state index >= 15 is 0 Å². The molecule has 0 aromatic heterocycles. The largest absolute Gasteiger partial charge is 0.493 e. The van der Waals surface area contributed by atoms with Crippen molar-refractivity contribution >= 4 is 15.7 Å². The van der Waals surface area contributed by atoms with E-state index in [1.54, 1.807) is 12.2 Å². The van der Waals surface area contributed by atoms with Gasteiger partial charge in [0, 0.05) is 18.4 Å². The Labute approximate surface area is 150 Å². The molecule has 0 amide bonds. The average Bonchev–Trinajstić information content (AvgIpc) is 2.97. The smallest absolute Gasteiger partial charge is 0.234 e. The fourth-order valence-electron chi connectivity index (χ4n) is 3.52. The fourth-order valence-corrected chi connectivity index (χ4v) is 4.19. The van der Waals surface area contributed by atoms with Gasteiger partial charge >= 0.3 is 0 Å². The zero-order valence-electron chi connectivity index (χ0n) is 14.0. The molecule has 1 aliphatic carbocycles. The molecule has 1 aromatic rings. The fraction of sp³-hybridized carbons (Fsp3) is 0.412. The molecule has 9 heteroatoms. The standard InChI is InChI=1S/C11H16N2O3S.C6H5F2N/c12-17(14,15)7-1-2-10-9(5-7)8-3-4-13-6-11(8)16-10;7-4-2-1-3-5(9)6(4)8/h1-2,8-9,11,13H,3-6H2,(H2,12,14,15);1-3H,9H2. The Morgan fingerprint density at radius 2 is 2.00 bits per heavy atom. The lowest BCUT2D eigenvalue weighted by Gasteiger charge is -2.27. The maximum atomic E-state index is 12.2. The summed E-state index contributed by atoms with van der Waals surface area (Å²) < 4.78 is 52.9. The van der Waals surface area contributed by atoms with E-state index in [1.165, 1.54) is 12.1 Å². The Morgan fingerprint density at radius 3 is 2.65 bits per heavy atom. The number of anilines is 1. The number of fused-ring (bicyclic) bond motifs is 3. The highest BCUT2D eigenvalue weighted by Crippen LogP contribution is 2.44. The van der Waals surface area contributed by atoms with E-state index in [2.05, 4.69) is 5.32 Å². The highest BCUT2D eigenvalue weighted by atomic mass is 32.2. The van der Waals surface area contributed by atoms with Gasteiger partial charge in [-0.2, -0.15) is 0 Å². The Bertz CT molecular complexity index is 835. The molecule has 1 aromatic carbocycles. The molecule has 3 unspecified atom stereocenters. The van der Waals surface area contributed by atoms with Gasteiger partial charge in [-0.05, 0) is 43.7 Å². The maximum Gasteiger partial charge on any atom is 0.234 e. The molecule has 2 heterocycles. The topological polar surface area (TPSA) is 107 Å². The van der Waals surface area contributed by atoms with Crippen LogP contribution in [-0.4, -0.2) is 27.6 Å². The third kappa shape index (κ3) is 3.89. The van der Waals surface area contributed by atoms with Crippen molar-refractivity contribution in [1.82, 2.24) is 5.32 Å². The zero-order chi connectivity index (χ0) is 18.9. The monoisotopic (exact) mass is 385 g/mol. The summed E-state index contributed by atoms with van der Waals surface area (Å²) in [5.41, 5.74) is 4.85. The highest BCUT2D eigenvalue weighted by molar-refractivity contribution is 7.93. The van der Waals surface area contributed by atoms with Crippen molar-refractivity contribution in [1.29, 1.82) is 0 Å². The van der Waals surface area contributed by atoms with E-state index in [1.807, 2.05) is 0 Å². The lowest BCUT2D eigenvalue weighted by molar-refractivity contribution is 0.108. The van der Waals surface area contributed by atoms with Gasteiger partial charge in [0.1, 0.15) is 11.9 Å². The number of halogens is 2. The van der Waals surface area contributed by atoms with Gasteiger partial charge in [-0.15, -0.1) is 0 Å². The Morgan fingerprint density at radius 1 is 1.23 bits per heavy atom. The summed E-state index contributed by atoms with van der Waals surface area (Å²) in [7, 11) is -3.56. The number of benzene rings is 1. The third-order valence-electron chi connectivity index (χ3n) is 4.85. The van der Waals surface area contributed by atoms with E-state index in [0.717, 1.165) is 31.3 Å². The summed E-state index contributed by atoms with van der Waals surface area (Å²) >= 11 is 0. The summed E-state index contributed by atoms with van der Waals surface area (Å²) in [6.07, 6.45) is 5.06. The number of rotatable bonds is 1. The quantitative estimate of drug-likeness (QED) is 0.637. The molecule has 2 aliphatic heterocycles. The molecule has 0 saturated carbocycles. The number of ether oxygens (including phenoxy) is 1. The Kier molecular flexibility index (Phi) is 5.31. The van der Waals surface area contributed by atoms with Crippen LogP contribution in [0.5, 0.6) is 0 Å². The van der Waals surface area contributed by atoms with Gasteiger partial charge in [0.2, 0.25) is 10.0 Å². The number of nitrogen functional groups attached to an aromatic ring is 1. The van der Waals surface area contributed by atoms with Crippen LogP contribution in [0.25, 0.3) is 0 Å². The number of hydrogen-bond donors (Lipinski definition) is 3. The molecule has 5 N–H and O–H groups in total. The zero-order valence-corrected chi connectivity index (χ0v) is 14.8. The number of hydrogen-bond acceptors (Lipinski definition) is 5. The molecule has 2 fully saturated rings. The minimum atomic E-state index is -3.56. The minimum Gasteiger partial charge on any atom is -0.493 e. The van der Waals surface area contributed by atoms with Gasteiger partial charge in [-0.1, -0.05) is 6.07 Å². The van der Waals surface area contributed by atoms with Crippen molar-refractivity contribution in [3.8, 4) is 0 Å². The Hall–Kier alpha value is -1.97. The van der Waals surface area contributed by atoms with Crippen LogP contribution >= 0.6 is 0 Å². The van der Waals surface area contributed by atoms with Crippen molar-refractivity contribution in [2.24, 2.45) is 17.0 Å². The van der Waals surface area contributed by atoms with Crippen LogP contribution in [0.1, 0.15) is 12.8 Å². The normalized spacial score (nSPS) is 27.1. The van der Waals surface area contributed by atoms with E-state index in [4.69, 9.17) is 15.6 Å². The second kappa shape index (κ2) is 7.34. The van der Waals surface area contributed by atoms with Crippen LogP contribution in [0.2, 0.25) is 0 Å². The lowest BCUT2D eigenvalue weighted by Crippen LogP contribution is -2.40. The SMILES string of the molecule is NS(=O)(=O)C1=CC=C2OC3CNCCC3C2C1.Nc1cccc(F)c1F. The van der Waals surface area contributed by atoms with E-state index in [0.29, 0.717) is 17.2 Å². The first-order valence-electron chi connectivity index (χ1n) is 8.28. The van der Waals surface area contributed by atoms with Crippen LogP contribution in [-0.2, 0) is 14.8 Å². The molecule has 3 aliphatic rings. The van der Waals surface area contributed by atoms with Gasteiger partial charge in [0.25, 0.3) is 0 Å². The first-order valence-corrected chi connectivity index (χ1v) is 9.82. The van der Waals surface area contributed by atoms with Gasteiger partial charge in [0.15, 0.2) is 11.6 Å². The number of sulfonamides is 1. The Balaban J connectivity index is 0.000000185. The summed E-state index contributed by atoms with van der Waals surface area (Å²) in [4.78, 5) is 0.328. The van der Waals surface area contributed by atoms with Crippen molar-refractivity contribution in [3.05, 3.63) is 52.6 Å². The van der Waals surface area contributed by atoms with E-state index in [-0.39, 0.29) is 17.7 Å². The molecule has 0 spiro atoms. The molecular formula is C17H21F2N3O3S. The molecule has 0 radical (unpaired) electrons. The molecule has 2 saturated heterocycles. The first-order chi connectivity index (χ1) is 12.3. The predicted molar refractivity (Wildman–Crippen MR) is 94.0 cm³/mol. The summed E-state index contributed by atoms with van der Waals surface area (Å²) in [6, 6.07) is 3.68. The van der Waals surface area contributed by atoms with Crippen LogP contribution in [0.15, 0.2) is 41.0 Å². The van der Waals surface area contributed by atoms with Crippen molar-refractivity contribution < 1.29 is 21.9 Å². The molecular weight excluding hydrogens is 364 g/mol. The van der Waals surface area contributed by atoms with Crippen LogP contribution in [0.3, 0.4) is 0 Å². The molecule has 0 bridgehead atoms. The van der Waals surface area contributed by atoms with Crippen LogP contribution in [0, 0.1) is 23.5 Å². The van der Waals surface area contributed by atoms with Gasteiger partial charge in [0.05, 0.1) is 10.6 Å². The van der Waals surface area contributed by atoms with Gasteiger partial charge in [-0.3, -0.25) is 0 Å². The minimum absolute atomic E-state index is 0.157. The molecule has 142 valence electrons. The third-order valence-corrected chi connectivity index (χ3v) is 5.88. The van der Waals surface area contributed by atoms with Crippen molar-refractivity contribution in [2.75, 3.05) is 18.8 Å². The second-order valence-electron chi connectivity index (χ2n) is 6.51. The number of piperidine rings is 1. The van der Waals surface area contributed by atoms with Crippen molar-refractivity contribution in [2.45, 2.75) is 18.9 Å². The number of nitrogens with two attached hydrogens (primary N) is 2. The number of primary sulfonamides is 1. The van der Waals surface area contributed by atoms with E-state index in [9.17, 15) is 17.2 Å². The average molecular weight is 385 g/mol. The predicted octanol–water partition coefficient (Wildman–Crippen LogP) is 1.62. The molecule has 3 atom stereocenters. The van der Waals surface area contributed by atoms with Crippen LogP contribution in [0.4, 0.5) is 14.5 Å². The van der Waals surface area contributed by atoms with Crippen LogP contribution < -0.4 is 16.2 Å². The second-order valence-corrected chi connectivity index (χ2v) is 8.13. The summed E-state index contributed by atoms with van der Waals surface area (Å²) in [5.74, 6) is -0.336. The van der Waals surface area contributed by atoms with Crippen molar-refractivity contribution in [3.63, 3.8) is 0 Å². The molecule has 26 heavy (non-hydrogen) atoms. The first kappa shape index (κ1) is 18.8. The van der Waals surface area contributed by atoms with E-state index < -0.39 is 21.7 Å². The van der Waals surface area contributed by atoms with Gasteiger partial charge in [-0.25, -0.2) is 22.3 Å². The molecule has 6 nitrogen and oxygen atoms in total. The number of allylic oxidation sites excluding steroid dienone is 4. The highest BCUT2D eigenvalue weighted by Gasteiger charge is 2.44. The number of nitrogens with one attached hydrogen (secondary N) is 1. The summed E-state index contributed by atoms with van der Waals surface area (Å²) in [6.45, 7) is 1.83. The lowest BCUT2D eigenvalue weighted by atomic mass is 9.81. The molecule has 4 rings (SSSR count). The van der Waals surface area contributed by atoms with Gasteiger partial charge < -0.3 is 15.8 Å². The summed E-state index contributed by atoms with van der Waals surface area (Å²) in [5, 5.41) is 8.48. The maximum absolute atomic E-state index is 12.2.